The van der Waals surface area contributed by atoms with Crippen molar-refractivity contribution in [2.24, 2.45) is 0 Å². The van der Waals surface area contributed by atoms with Crippen LogP contribution in [0.3, 0.4) is 0 Å². The first-order chi connectivity index (χ1) is 9.47. The van der Waals surface area contributed by atoms with Gasteiger partial charge < -0.3 is 5.32 Å². The first-order valence-electron chi connectivity index (χ1n) is 6.99. The molecule has 4 nitrogen and oxygen atoms in total. The normalized spacial score (nSPS) is 11.1. The van der Waals surface area contributed by atoms with Crippen molar-refractivity contribution in [3.8, 4) is 11.5 Å². The molecule has 2 heterocycles. The van der Waals surface area contributed by atoms with Crippen LogP contribution in [0.5, 0.6) is 0 Å². The predicted octanol–water partition coefficient (Wildman–Crippen LogP) is 2.96. The fraction of sp³-hybridized carbons (Fsp3) is 0.438. The van der Waals surface area contributed by atoms with Gasteiger partial charge in [-0.2, -0.15) is 0 Å². The van der Waals surface area contributed by atoms with Gasteiger partial charge in [-0.15, -0.1) is 0 Å². The zero-order valence-corrected chi connectivity index (χ0v) is 12.9. The predicted molar refractivity (Wildman–Crippen MR) is 81.4 cm³/mol. The van der Waals surface area contributed by atoms with E-state index in [1.807, 2.05) is 39.0 Å². The number of aromatic nitrogens is 3. The van der Waals surface area contributed by atoms with Gasteiger partial charge in [0.05, 0.1) is 0 Å². The summed E-state index contributed by atoms with van der Waals surface area (Å²) in [7, 11) is 0. The van der Waals surface area contributed by atoms with E-state index in [2.05, 4.69) is 34.1 Å². The summed E-state index contributed by atoms with van der Waals surface area (Å²) < 4.78 is 0. The second-order valence-electron chi connectivity index (χ2n) is 5.40. The first kappa shape index (κ1) is 14.6. The number of nitrogens with zero attached hydrogens (tertiary/aromatic N) is 3. The van der Waals surface area contributed by atoms with Crippen LogP contribution in [-0.2, 0) is 6.54 Å². The molecule has 0 saturated carbocycles. The molecule has 2 rings (SSSR count). The van der Waals surface area contributed by atoms with Gasteiger partial charge in [-0.3, -0.25) is 0 Å². The highest BCUT2D eigenvalue weighted by Gasteiger charge is 2.11. The van der Waals surface area contributed by atoms with Gasteiger partial charge in [-0.1, -0.05) is 19.9 Å². The topological polar surface area (TPSA) is 50.7 Å². The minimum atomic E-state index is 0.451. The highest BCUT2D eigenvalue weighted by Crippen LogP contribution is 2.17. The van der Waals surface area contributed by atoms with E-state index in [1.165, 1.54) is 5.56 Å². The van der Waals surface area contributed by atoms with E-state index >= 15 is 0 Å². The van der Waals surface area contributed by atoms with Gasteiger partial charge in [0.15, 0.2) is 5.82 Å². The molecule has 0 aliphatic carbocycles. The van der Waals surface area contributed by atoms with E-state index in [-0.39, 0.29) is 0 Å². The molecule has 0 aliphatic rings. The number of aryl methyl sites for hydroxylation is 3. The SMILES string of the molecule is Cc1cccc(-c2nc(C)c(CNC(C)C)c(C)n2)n1. The Labute approximate surface area is 120 Å². The quantitative estimate of drug-likeness (QED) is 0.928. The molecule has 0 amide bonds. The molecule has 0 fully saturated rings. The van der Waals surface area contributed by atoms with Gasteiger partial charge in [0.2, 0.25) is 0 Å². The average molecular weight is 270 g/mol. The molecular weight excluding hydrogens is 248 g/mol. The van der Waals surface area contributed by atoms with Crippen molar-refractivity contribution in [2.75, 3.05) is 0 Å². The molecule has 1 N–H and O–H groups in total. The third-order valence-electron chi connectivity index (χ3n) is 3.23. The fourth-order valence-corrected chi connectivity index (χ4v) is 2.08. The van der Waals surface area contributed by atoms with Gasteiger partial charge in [-0.25, -0.2) is 15.0 Å². The van der Waals surface area contributed by atoms with Crippen molar-refractivity contribution in [3.63, 3.8) is 0 Å². The zero-order valence-electron chi connectivity index (χ0n) is 12.9. The van der Waals surface area contributed by atoms with Crippen molar-refractivity contribution in [1.82, 2.24) is 20.3 Å². The Morgan fingerprint density at radius 1 is 1.00 bits per heavy atom. The Morgan fingerprint density at radius 3 is 2.20 bits per heavy atom. The summed E-state index contributed by atoms with van der Waals surface area (Å²) in [5.41, 5.74) is 5.02. The van der Waals surface area contributed by atoms with Crippen LogP contribution in [0.1, 0.15) is 36.5 Å². The summed E-state index contributed by atoms with van der Waals surface area (Å²) in [5, 5.41) is 3.42. The smallest absolute Gasteiger partial charge is 0.178 e. The van der Waals surface area contributed by atoms with Crippen molar-refractivity contribution in [1.29, 1.82) is 0 Å². The molecule has 0 saturated heterocycles. The zero-order chi connectivity index (χ0) is 14.7. The Hall–Kier alpha value is -1.81. The minimum Gasteiger partial charge on any atom is -0.310 e. The van der Waals surface area contributed by atoms with E-state index in [0.717, 1.165) is 29.3 Å². The lowest BCUT2D eigenvalue weighted by atomic mass is 10.1. The molecule has 0 spiro atoms. The fourth-order valence-electron chi connectivity index (χ4n) is 2.08. The lowest BCUT2D eigenvalue weighted by molar-refractivity contribution is 0.583. The molecule has 20 heavy (non-hydrogen) atoms. The van der Waals surface area contributed by atoms with Crippen LogP contribution >= 0.6 is 0 Å². The molecule has 2 aromatic rings. The Bertz CT molecular complexity index is 582. The van der Waals surface area contributed by atoms with Gasteiger partial charge in [0.1, 0.15) is 5.69 Å². The van der Waals surface area contributed by atoms with E-state index in [4.69, 9.17) is 0 Å². The molecule has 106 valence electrons. The molecule has 0 aromatic carbocycles. The van der Waals surface area contributed by atoms with Crippen LogP contribution < -0.4 is 5.32 Å². The number of rotatable bonds is 4. The van der Waals surface area contributed by atoms with Crippen LogP contribution in [-0.4, -0.2) is 21.0 Å². The summed E-state index contributed by atoms with van der Waals surface area (Å²) in [4.78, 5) is 13.7. The lowest BCUT2D eigenvalue weighted by Crippen LogP contribution is -2.23. The van der Waals surface area contributed by atoms with Crippen molar-refractivity contribution < 1.29 is 0 Å². The molecule has 0 radical (unpaired) electrons. The number of hydrogen-bond donors (Lipinski definition) is 1. The van der Waals surface area contributed by atoms with E-state index < -0.39 is 0 Å². The lowest BCUT2D eigenvalue weighted by Gasteiger charge is -2.13. The Kier molecular flexibility index (Phi) is 4.45. The maximum absolute atomic E-state index is 4.61. The van der Waals surface area contributed by atoms with E-state index in [0.29, 0.717) is 11.9 Å². The molecule has 0 bridgehead atoms. The van der Waals surface area contributed by atoms with Gasteiger partial charge in [-0.05, 0) is 32.9 Å². The van der Waals surface area contributed by atoms with E-state index in [1.54, 1.807) is 0 Å². The molecule has 0 unspecified atom stereocenters. The highest BCUT2D eigenvalue weighted by molar-refractivity contribution is 5.50. The molecular formula is C16H22N4. The first-order valence-corrected chi connectivity index (χ1v) is 6.99. The molecule has 2 aromatic heterocycles. The van der Waals surface area contributed by atoms with Crippen LogP contribution in [0.4, 0.5) is 0 Å². The summed E-state index contributed by atoms with van der Waals surface area (Å²) in [6, 6.07) is 6.36. The van der Waals surface area contributed by atoms with Crippen molar-refractivity contribution in [2.45, 2.75) is 47.2 Å². The number of nitrogens with one attached hydrogen (secondary N) is 1. The third-order valence-corrected chi connectivity index (χ3v) is 3.23. The molecule has 0 atom stereocenters. The van der Waals surface area contributed by atoms with Crippen LogP contribution in [0.25, 0.3) is 11.5 Å². The number of hydrogen-bond acceptors (Lipinski definition) is 4. The average Bonchev–Trinajstić information content (AvgIpc) is 2.37. The summed E-state index contributed by atoms with van der Waals surface area (Å²) >= 11 is 0. The van der Waals surface area contributed by atoms with Gasteiger partial charge >= 0.3 is 0 Å². The number of pyridine rings is 1. The largest absolute Gasteiger partial charge is 0.310 e. The Morgan fingerprint density at radius 2 is 1.65 bits per heavy atom. The summed E-state index contributed by atoms with van der Waals surface area (Å²) in [6.07, 6.45) is 0. The van der Waals surface area contributed by atoms with Gasteiger partial charge in [0.25, 0.3) is 0 Å². The second-order valence-corrected chi connectivity index (χ2v) is 5.40. The molecule has 4 heteroatoms. The molecule has 0 aliphatic heterocycles. The van der Waals surface area contributed by atoms with Crippen LogP contribution in [0.15, 0.2) is 18.2 Å². The van der Waals surface area contributed by atoms with E-state index in [9.17, 15) is 0 Å². The minimum absolute atomic E-state index is 0.451. The third kappa shape index (κ3) is 3.39. The van der Waals surface area contributed by atoms with Gasteiger partial charge in [0, 0.05) is 35.2 Å². The Balaban J connectivity index is 2.35. The van der Waals surface area contributed by atoms with Crippen LogP contribution in [0, 0.1) is 20.8 Å². The summed E-state index contributed by atoms with van der Waals surface area (Å²) in [6.45, 7) is 11.1. The second kappa shape index (κ2) is 6.09. The standard InChI is InChI=1S/C16H22N4/c1-10(2)17-9-14-12(4)19-16(20-13(14)5)15-8-6-7-11(3)18-15/h6-8,10,17H,9H2,1-5H3. The maximum Gasteiger partial charge on any atom is 0.178 e. The summed E-state index contributed by atoms with van der Waals surface area (Å²) in [5.74, 6) is 0.706. The van der Waals surface area contributed by atoms with Crippen molar-refractivity contribution >= 4 is 0 Å². The van der Waals surface area contributed by atoms with Crippen molar-refractivity contribution in [3.05, 3.63) is 40.8 Å². The van der Waals surface area contributed by atoms with Crippen LogP contribution in [0.2, 0.25) is 0 Å². The monoisotopic (exact) mass is 270 g/mol. The maximum atomic E-state index is 4.61. The highest BCUT2D eigenvalue weighted by atomic mass is 15.0.